The van der Waals surface area contributed by atoms with Crippen LogP contribution in [0.25, 0.3) is 10.9 Å². The van der Waals surface area contributed by atoms with Gasteiger partial charge in [-0.15, -0.1) is 0 Å². The number of ketones is 1. The molecule has 0 atom stereocenters. The van der Waals surface area contributed by atoms with Gasteiger partial charge in [0.2, 0.25) is 0 Å². The molecule has 1 saturated carbocycles. The van der Waals surface area contributed by atoms with Crippen molar-refractivity contribution in [2.75, 3.05) is 19.7 Å². The number of carbonyl (C=O) groups is 1. The van der Waals surface area contributed by atoms with Gasteiger partial charge in [-0.3, -0.25) is 14.4 Å². The number of alkyl halides is 3. The molecule has 2 aliphatic rings. The average Bonchev–Trinajstić information content (AvgIpc) is 3.42. The Morgan fingerprint density at radius 3 is 2.75 bits per heavy atom. The summed E-state index contributed by atoms with van der Waals surface area (Å²) in [6, 6.07) is 5.79. The number of aryl methyl sites for hydroxylation is 1. The van der Waals surface area contributed by atoms with Gasteiger partial charge in [-0.1, -0.05) is 36.3 Å². The summed E-state index contributed by atoms with van der Waals surface area (Å²) in [5.74, 6) is 1.30. The minimum absolute atomic E-state index is 0.118. The van der Waals surface area contributed by atoms with Gasteiger partial charge < -0.3 is 4.74 Å². The molecule has 1 aliphatic carbocycles. The third-order valence-corrected chi connectivity index (χ3v) is 8.45. The standard InChI is InChI=1S/C26H31F3N4O2S/c1-32-14-20-7-6-19(13-21(20)31-32)23(34)12-18-4-2-17(3-5-18)8-10-33-11-9-24-22(15-33)30-25(36-24)35-16-26(27,28)29/h6-7,13-14,17-18H,2-5,8-12,15-16H2,1H3. The summed E-state index contributed by atoms with van der Waals surface area (Å²) in [5, 5.41) is 5.58. The predicted molar refractivity (Wildman–Crippen MR) is 132 cm³/mol. The third kappa shape index (κ3) is 6.26. The highest BCUT2D eigenvalue weighted by Crippen LogP contribution is 2.35. The maximum Gasteiger partial charge on any atom is 0.422 e. The van der Waals surface area contributed by atoms with Crippen molar-refractivity contribution in [2.24, 2.45) is 18.9 Å². The number of Topliss-reactive ketones (excluding diaryl/α,β-unsaturated/α-hetero) is 1. The number of ether oxygens (including phenoxy) is 1. The van der Waals surface area contributed by atoms with Crippen LogP contribution in [0.4, 0.5) is 13.2 Å². The summed E-state index contributed by atoms with van der Waals surface area (Å²) in [4.78, 5) is 20.5. The molecule has 0 spiro atoms. The average molecular weight is 521 g/mol. The third-order valence-electron chi connectivity index (χ3n) is 7.38. The van der Waals surface area contributed by atoms with Crippen molar-refractivity contribution in [3.8, 4) is 5.19 Å². The number of nitrogens with zero attached hydrogens (tertiary/aromatic N) is 4. The van der Waals surface area contributed by atoms with Gasteiger partial charge in [-0.2, -0.15) is 18.3 Å². The minimum Gasteiger partial charge on any atom is -0.460 e. The monoisotopic (exact) mass is 520 g/mol. The van der Waals surface area contributed by atoms with Crippen molar-refractivity contribution in [1.29, 1.82) is 0 Å². The van der Waals surface area contributed by atoms with E-state index in [1.165, 1.54) is 11.3 Å². The molecule has 2 aromatic heterocycles. The number of hydrogen-bond acceptors (Lipinski definition) is 6. The van der Waals surface area contributed by atoms with Crippen LogP contribution in [0.2, 0.25) is 0 Å². The van der Waals surface area contributed by atoms with E-state index in [-0.39, 0.29) is 11.0 Å². The Morgan fingerprint density at radius 1 is 1.19 bits per heavy atom. The Bertz CT molecular complexity index is 1210. The van der Waals surface area contributed by atoms with E-state index in [2.05, 4.69) is 15.0 Å². The van der Waals surface area contributed by atoms with E-state index in [1.54, 1.807) is 4.68 Å². The molecule has 0 unspecified atom stereocenters. The van der Waals surface area contributed by atoms with Crippen LogP contribution in [0, 0.1) is 11.8 Å². The van der Waals surface area contributed by atoms with E-state index in [9.17, 15) is 18.0 Å². The minimum atomic E-state index is -4.35. The summed E-state index contributed by atoms with van der Waals surface area (Å²) in [6.07, 6.45) is 4.56. The van der Waals surface area contributed by atoms with Crippen LogP contribution in [-0.2, 0) is 20.0 Å². The van der Waals surface area contributed by atoms with E-state index in [0.29, 0.717) is 24.8 Å². The summed E-state index contributed by atoms with van der Waals surface area (Å²) < 4.78 is 43.8. The highest BCUT2D eigenvalue weighted by molar-refractivity contribution is 7.13. The molecule has 1 aromatic carbocycles. The van der Waals surface area contributed by atoms with Crippen LogP contribution in [0.15, 0.2) is 24.4 Å². The second-order valence-electron chi connectivity index (χ2n) is 10.2. The SMILES string of the molecule is Cn1cc2ccc(C(=O)CC3CCC(CCN4CCc5sc(OCC(F)(F)F)nc5C4)CC3)cc2n1. The fourth-order valence-electron chi connectivity index (χ4n) is 5.41. The Labute approximate surface area is 212 Å². The Morgan fingerprint density at radius 2 is 1.97 bits per heavy atom. The molecular weight excluding hydrogens is 489 g/mol. The zero-order valence-electron chi connectivity index (χ0n) is 20.4. The Kier molecular flexibility index (Phi) is 7.35. The molecule has 3 aromatic rings. The van der Waals surface area contributed by atoms with Gasteiger partial charge in [-0.25, -0.2) is 4.98 Å². The van der Waals surface area contributed by atoms with E-state index >= 15 is 0 Å². The summed E-state index contributed by atoms with van der Waals surface area (Å²) >= 11 is 1.24. The van der Waals surface area contributed by atoms with Crippen LogP contribution >= 0.6 is 11.3 Å². The highest BCUT2D eigenvalue weighted by Gasteiger charge is 2.30. The first-order valence-electron chi connectivity index (χ1n) is 12.6. The predicted octanol–water partition coefficient (Wildman–Crippen LogP) is 5.80. The number of rotatable bonds is 8. The molecule has 194 valence electrons. The lowest BCUT2D eigenvalue weighted by atomic mass is 9.78. The van der Waals surface area contributed by atoms with Crippen LogP contribution in [-0.4, -0.2) is 51.3 Å². The smallest absolute Gasteiger partial charge is 0.422 e. The zero-order chi connectivity index (χ0) is 25.3. The molecule has 0 N–H and O–H groups in total. The molecule has 5 rings (SSSR count). The van der Waals surface area contributed by atoms with Gasteiger partial charge in [0.25, 0.3) is 5.19 Å². The number of halogens is 3. The van der Waals surface area contributed by atoms with Gasteiger partial charge in [0.15, 0.2) is 12.4 Å². The Balaban J connectivity index is 1.04. The zero-order valence-corrected chi connectivity index (χ0v) is 21.2. The van der Waals surface area contributed by atoms with Crippen LogP contribution in [0.1, 0.15) is 59.5 Å². The molecule has 6 nitrogen and oxygen atoms in total. The first-order valence-corrected chi connectivity index (χ1v) is 13.4. The van der Waals surface area contributed by atoms with Gasteiger partial charge in [0.05, 0.1) is 11.2 Å². The van der Waals surface area contributed by atoms with Gasteiger partial charge >= 0.3 is 6.18 Å². The molecule has 0 saturated heterocycles. The molecule has 1 fully saturated rings. The van der Waals surface area contributed by atoms with Gasteiger partial charge in [0, 0.05) is 48.6 Å². The molecule has 0 bridgehead atoms. The molecular formula is C26H31F3N4O2S. The lowest BCUT2D eigenvalue weighted by molar-refractivity contribution is -0.153. The lowest BCUT2D eigenvalue weighted by Crippen LogP contribution is -2.32. The van der Waals surface area contributed by atoms with Crippen molar-refractivity contribution in [2.45, 2.75) is 57.7 Å². The van der Waals surface area contributed by atoms with Crippen molar-refractivity contribution in [1.82, 2.24) is 19.7 Å². The molecule has 1 aliphatic heterocycles. The topological polar surface area (TPSA) is 60.2 Å². The number of thiazole rings is 1. The number of benzene rings is 1. The van der Waals surface area contributed by atoms with E-state index in [1.807, 2.05) is 31.4 Å². The maximum atomic E-state index is 12.9. The Hall–Kier alpha value is -2.46. The molecule has 3 heterocycles. The lowest BCUT2D eigenvalue weighted by Gasteiger charge is -2.31. The fourth-order valence-corrected chi connectivity index (χ4v) is 6.31. The molecule has 10 heteroatoms. The normalized spacial score (nSPS) is 21.0. The summed E-state index contributed by atoms with van der Waals surface area (Å²) in [6.45, 7) is 1.24. The summed E-state index contributed by atoms with van der Waals surface area (Å²) in [5.41, 5.74) is 2.47. The van der Waals surface area contributed by atoms with Crippen LogP contribution < -0.4 is 4.74 Å². The van der Waals surface area contributed by atoms with E-state index in [0.717, 1.165) is 78.7 Å². The number of carbonyl (C=O) groups excluding carboxylic acids is 1. The quantitative estimate of drug-likeness (QED) is 0.352. The fraction of sp³-hybridized carbons (Fsp3) is 0.577. The number of aromatic nitrogens is 3. The highest BCUT2D eigenvalue weighted by atomic mass is 32.1. The molecule has 36 heavy (non-hydrogen) atoms. The maximum absolute atomic E-state index is 12.9. The second-order valence-corrected chi connectivity index (χ2v) is 11.2. The first kappa shape index (κ1) is 25.2. The molecule has 0 amide bonds. The first-order chi connectivity index (χ1) is 17.2. The van der Waals surface area contributed by atoms with E-state index in [4.69, 9.17) is 4.74 Å². The molecule has 0 radical (unpaired) electrons. The summed E-state index contributed by atoms with van der Waals surface area (Å²) in [7, 11) is 1.88. The van der Waals surface area contributed by atoms with Crippen molar-refractivity contribution in [3.05, 3.63) is 40.5 Å². The number of fused-ring (bicyclic) bond motifs is 2. The van der Waals surface area contributed by atoms with Crippen LogP contribution in [0.3, 0.4) is 0 Å². The largest absolute Gasteiger partial charge is 0.460 e. The number of hydrogen-bond donors (Lipinski definition) is 0. The van der Waals surface area contributed by atoms with Crippen molar-refractivity contribution < 1.29 is 22.7 Å². The van der Waals surface area contributed by atoms with E-state index < -0.39 is 12.8 Å². The van der Waals surface area contributed by atoms with Gasteiger partial charge in [-0.05, 0) is 50.1 Å². The van der Waals surface area contributed by atoms with Crippen molar-refractivity contribution in [3.63, 3.8) is 0 Å². The van der Waals surface area contributed by atoms with Gasteiger partial charge in [0.1, 0.15) is 0 Å². The second kappa shape index (κ2) is 10.5. The van der Waals surface area contributed by atoms with Crippen LogP contribution in [0.5, 0.6) is 5.19 Å². The van der Waals surface area contributed by atoms with Crippen molar-refractivity contribution >= 4 is 28.0 Å².